The predicted octanol–water partition coefficient (Wildman–Crippen LogP) is 1.57. The molecule has 2 heteroatoms. The summed E-state index contributed by atoms with van der Waals surface area (Å²) >= 11 is 0. The fourth-order valence-electron chi connectivity index (χ4n) is 3.76. The summed E-state index contributed by atoms with van der Waals surface area (Å²) in [6.45, 7) is 1.82. The van der Waals surface area contributed by atoms with Crippen LogP contribution in [0.4, 0.5) is 0 Å². The molecule has 0 aromatic rings. The average Bonchev–Trinajstić information content (AvgIpc) is 2.58. The largest absolute Gasteiger partial charge is 0.349 e. The molecule has 1 saturated heterocycles. The highest BCUT2D eigenvalue weighted by Crippen LogP contribution is 2.71. The Morgan fingerprint density at radius 1 is 1.00 bits per heavy atom. The van der Waals surface area contributed by atoms with Gasteiger partial charge in [0.25, 0.3) is 0 Å². The number of fused-ring (bicyclic) bond motifs is 7. The summed E-state index contributed by atoms with van der Waals surface area (Å²) in [5.74, 6) is 2.85. The molecule has 2 nitrogen and oxygen atoms in total. The van der Waals surface area contributed by atoms with Crippen molar-refractivity contribution in [3.63, 3.8) is 0 Å². The Morgan fingerprint density at radius 2 is 1.62 bits per heavy atom. The smallest absolute Gasteiger partial charge is 0.175 e. The molecular weight excluding hydrogens is 164 g/mol. The molecular formula is C11H14O2. The first-order valence-electron chi connectivity index (χ1n) is 5.38. The van der Waals surface area contributed by atoms with Crippen LogP contribution in [-0.4, -0.2) is 19.0 Å². The van der Waals surface area contributed by atoms with Crippen LogP contribution < -0.4 is 0 Å². The molecule has 4 rings (SSSR count). The van der Waals surface area contributed by atoms with Gasteiger partial charge in [0.05, 0.1) is 13.2 Å². The van der Waals surface area contributed by atoms with Gasteiger partial charge in [0.2, 0.25) is 0 Å². The maximum absolute atomic E-state index is 5.86. The molecule has 0 N–H and O–H groups in total. The quantitative estimate of drug-likeness (QED) is 0.524. The van der Waals surface area contributed by atoms with Crippen molar-refractivity contribution in [1.82, 2.24) is 0 Å². The van der Waals surface area contributed by atoms with Gasteiger partial charge in [-0.2, -0.15) is 0 Å². The molecule has 4 aliphatic rings. The van der Waals surface area contributed by atoms with E-state index in [9.17, 15) is 0 Å². The molecule has 0 aromatic carbocycles. The van der Waals surface area contributed by atoms with E-state index in [4.69, 9.17) is 9.47 Å². The van der Waals surface area contributed by atoms with Crippen LogP contribution >= 0.6 is 0 Å². The van der Waals surface area contributed by atoms with E-state index in [1.165, 1.54) is 6.42 Å². The molecule has 13 heavy (non-hydrogen) atoms. The Bertz CT molecular complexity index is 258. The predicted molar refractivity (Wildman–Crippen MR) is 47.0 cm³/mol. The van der Waals surface area contributed by atoms with Crippen molar-refractivity contribution in [3.8, 4) is 0 Å². The van der Waals surface area contributed by atoms with Crippen molar-refractivity contribution >= 4 is 0 Å². The minimum absolute atomic E-state index is 0.116. The lowest BCUT2D eigenvalue weighted by Gasteiger charge is -2.28. The lowest BCUT2D eigenvalue weighted by Crippen LogP contribution is -2.33. The second kappa shape index (κ2) is 2.01. The summed E-state index contributed by atoms with van der Waals surface area (Å²) in [5.41, 5.74) is 0. The zero-order chi connectivity index (χ0) is 8.47. The van der Waals surface area contributed by atoms with Crippen LogP contribution in [0.1, 0.15) is 12.8 Å². The molecule has 1 heterocycles. The van der Waals surface area contributed by atoms with Crippen LogP contribution in [0, 0.1) is 23.7 Å². The fraction of sp³-hybridized carbons (Fsp3) is 0.818. The summed E-state index contributed by atoms with van der Waals surface area (Å²) in [6.07, 6.45) is 7.19. The monoisotopic (exact) mass is 178 g/mol. The highest BCUT2D eigenvalue weighted by Gasteiger charge is 2.76. The van der Waals surface area contributed by atoms with Crippen LogP contribution in [-0.2, 0) is 9.47 Å². The minimum atomic E-state index is -0.116. The topological polar surface area (TPSA) is 18.5 Å². The number of rotatable bonds is 0. The second-order valence-corrected chi connectivity index (χ2v) is 4.77. The Hall–Kier alpha value is -0.340. The van der Waals surface area contributed by atoms with Gasteiger partial charge >= 0.3 is 0 Å². The molecule has 3 fully saturated rings. The van der Waals surface area contributed by atoms with E-state index in [1.54, 1.807) is 0 Å². The summed E-state index contributed by atoms with van der Waals surface area (Å²) in [6, 6.07) is 0. The Morgan fingerprint density at radius 3 is 2.23 bits per heavy atom. The van der Waals surface area contributed by atoms with E-state index in [2.05, 4.69) is 12.2 Å². The van der Waals surface area contributed by atoms with E-state index < -0.39 is 0 Å². The number of ether oxygens (including phenoxy) is 2. The average molecular weight is 178 g/mol. The van der Waals surface area contributed by atoms with Gasteiger partial charge in [0.1, 0.15) is 0 Å². The van der Waals surface area contributed by atoms with Crippen molar-refractivity contribution in [2.24, 2.45) is 23.7 Å². The standard InChI is InChI=1S/C11H14O2/c1-4-12-11(13-5-1)9-7-2-3-8(6-7)10(9)11/h2-3,7-10H,1,4-6H2. The second-order valence-electron chi connectivity index (χ2n) is 4.77. The lowest BCUT2D eigenvalue weighted by molar-refractivity contribution is -0.226. The lowest BCUT2D eigenvalue weighted by atomic mass is 10.0. The van der Waals surface area contributed by atoms with Crippen molar-refractivity contribution < 1.29 is 9.47 Å². The van der Waals surface area contributed by atoms with E-state index in [-0.39, 0.29) is 5.79 Å². The third-order valence-electron chi connectivity index (χ3n) is 4.22. The molecule has 1 spiro atoms. The normalized spacial score (nSPS) is 54.2. The molecule has 70 valence electrons. The molecule has 0 amide bonds. The van der Waals surface area contributed by atoms with Gasteiger partial charge in [0.15, 0.2) is 5.79 Å². The van der Waals surface area contributed by atoms with E-state index >= 15 is 0 Å². The molecule has 4 unspecified atom stereocenters. The van der Waals surface area contributed by atoms with Gasteiger partial charge in [-0.1, -0.05) is 12.2 Å². The zero-order valence-electron chi connectivity index (χ0n) is 7.61. The van der Waals surface area contributed by atoms with Gasteiger partial charge in [-0.05, 0) is 24.7 Å². The summed E-state index contributed by atoms with van der Waals surface area (Å²) in [7, 11) is 0. The Kier molecular flexibility index (Phi) is 1.09. The fourth-order valence-corrected chi connectivity index (χ4v) is 3.76. The molecule has 2 saturated carbocycles. The maximum atomic E-state index is 5.86. The SMILES string of the molecule is C1=CC2CC1C1C2C12OCCCO2. The van der Waals surface area contributed by atoms with Gasteiger partial charge in [-0.15, -0.1) is 0 Å². The first-order chi connectivity index (χ1) is 6.42. The molecule has 4 atom stereocenters. The molecule has 2 bridgehead atoms. The highest BCUT2D eigenvalue weighted by molar-refractivity contribution is 5.29. The van der Waals surface area contributed by atoms with Crippen LogP contribution in [0.5, 0.6) is 0 Å². The van der Waals surface area contributed by atoms with E-state index in [0.717, 1.165) is 31.5 Å². The molecule has 1 aliphatic heterocycles. The Labute approximate surface area is 77.9 Å². The summed E-state index contributed by atoms with van der Waals surface area (Å²) in [4.78, 5) is 0. The van der Waals surface area contributed by atoms with Gasteiger partial charge in [-0.25, -0.2) is 0 Å². The molecule has 0 radical (unpaired) electrons. The van der Waals surface area contributed by atoms with Gasteiger partial charge in [-0.3, -0.25) is 0 Å². The van der Waals surface area contributed by atoms with Crippen LogP contribution in [0.2, 0.25) is 0 Å². The third-order valence-corrected chi connectivity index (χ3v) is 4.22. The zero-order valence-corrected chi connectivity index (χ0v) is 7.61. The molecule has 0 aromatic heterocycles. The van der Waals surface area contributed by atoms with Crippen molar-refractivity contribution in [1.29, 1.82) is 0 Å². The van der Waals surface area contributed by atoms with Crippen LogP contribution in [0.15, 0.2) is 12.2 Å². The van der Waals surface area contributed by atoms with Gasteiger partial charge < -0.3 is 9.47 Å². The summed E-state index contributed by atoms with van der Waals surface area (Å²) in [5, 5.41) is 0. The highest BCUT2D eigenvalue weighted by atomic mass is 16.7. The molecule has 3 aliphatic carbocycles. The first kappa shape index (κ1) is 7.02. The van der Waals surface area contributed by atoms with Crippen molar-refractivity contribution in [2.45, 2.75) is 18.6 Å². The van der Waals surface area contributed by atoms with Crippen molar-refractivity contribution in [3.05, 3.63) is 12.2 Å². The first-order valence-corrected chi connectivity index (χ1v) is 5.38. The third kappa shape index (κ3) is 0.658. The summed E-state index contributed by atoms with van der Waals surface area (Å²) < 4.78 is 11.7. The van der Waals surface area contributed by atoms with Crippen LogP contribution in [0.3, 0.4) is 0 Å². The van der Waals surface area contributed by atoms with Crippen molar-refractivity contribution in [2.75, 3.05) is 13.2 Å². The Balaban J connectivity index is 1.67. The van der Waals surface area contributed by atoms with E-state index in [1.807, 2.05) is 0 Å². The maximum Gasteiger partial charge on any atom is 0.175 e. The number of allylic oxidation sites excluding steroid dienone is 2. The number of hydrogen-bond acceptors (Lipinski definition) is 2. The van der Waals surface area contributed by atoms with Gasteiger partial charge in [0, 0.05) is 11.8 Å². The number of hydrogen-bond donors (Lipinski definition) is 0. The van der Waals surface area contributed by atoms with E-state index in [0.29, 0.717) is 11.8 Å². The minimum Gasteiger partial charge on any atom is -0.349 e. The van der Waals surface area contributed by atoms with Crippen LogP contribution in [0.25, 0.3) is 0 Å².